The lowest BCUT2D eigenvalue weighted by Gasteiger charge is -2.07. The molecule has 0 aliphatic carbocycles. The van der Waals surface area contributed by atoms with Crippen LogP contribution in [0.2, 0.25) is 5.02 Å². The lowest BCUT2D eigenvalue weighted by Crippen LogP contribution is -2.25. The van der Waals surface area contributed by atoms with Gasteiger partial charge >= 0.3 is 0 Å². The summed E-state index contributed by atoms with van der Waals surface area (Å²) in [5.41, 5.74) is 9.41. The molecular formula is C11H13ClN4O. The monoisotopic (exact) mass is 252 g/mol. The minimum absolute atomic E-state index is 0.209. The fourth-order valence-electron chi connectivity index (χ4n) is 1.31. The molecule has 1 aromatic carbocycles. The van der Waals surface area contributed by atoms with Crippen LogP contribution in [0.4, 0.5) is 0 Å². The number of hydrogen-bond acceptors (Lipinski definition) is 2. The molecule has 0 radical (unpaired) electrons. The van der Waals surface area contributed by atoms with Crippen molar-refractivity contribution >= 4 is 17.5 Å². The molecular weight excluding hydrogens is 240 g/mol. The number of carbonyl (C=O) groups is 1. The van der Waals surface area contributed by atoms with Crippen LogP contribution >= 0.6 is 11.6 Å². The van der Waals surface area contributed by atoms with Gasteiger partial charge in [0.05, 0.1) is 10.6 Å². The van der Waals surface area contributed by atoms with Gasteiger partial charge in [0.15, 0.2) is 0 Å². The second-order valence-electron chi connectivity index (χ2n) is 3.50. The van der Waals surface area contributed by atoms with E-state index < -0.39 is 0 Å². The Morgan fingerprint density at radius 3 is 3.06 bits per heavy atom. The summed E-state index contributed by atoms with van der Waals surface area (Å²) in [6.45, 7) is 2.68. The molecule has 0 aromatic heterocycles. The van der Waals surface area contributed by atoms with E-state index in [1.54, 1.807) is 12.1 Å². The third kappa shape index (κ3) is 3.98. The molecule has 5 nitrogen and oxygen atoms in total. The van der Waals surface area contributed by atoms with E-state index in [0.717, 1.165) is 5.56 Å². The Morgan fingerprint density at radius 1 is 1.59 bits per heavy atom. The van der Waals surface area contributed by atoms with Gasteiger partial charge in [0.2, 0.25) is 0 Å². The van der Waals surface area contributed by atoms with Crippen LogP contribution in [0.25, 0.3) is 10.4 Å². The smallest absolute Gasteiger partial charge is 0.252 e. The average Bonchev–Trinajstić information content (AvgIpc) is 2.32. The zero-order valence-corrected chi connectivity index (χ0v) is 10.2. The molecule has 0 saturated heterocycles. The highest BCUT2D eigenvalue weighted by molar-refractivity contribution is 6.34. The number of carbonyl (C=O) groups excluding carboxylic acids is 1. The van der Waals surface area contributed by atoms with Crippen LogP contribution in [0.1, 0.15) is 22.3 Å². The molecule has 0 unspecified atom stereocenters. The minimum atomic E-state index is -0.209. The number of hydrogen-bond donors (Lipinski definition) is 1. The fourth-order valence-corrected chi connectivity index (χ4v) is 1.53. The topological polar surface area (TPSA) is 77.9 Å². The summed E-state index contributed by atoms with van der Waals surface area (Å²) in [4.78, 5) is 14.4. The predicted octanol–water partition coefficient (Wildman–Crippen LogP) is 3.08. The van der Waals surface area contributed by atoms with E-state index in [2.05, 4.69) is 15.3 Å². The van der Waals surface area contributed by atoms with E-state index in [-0.39, 0.29) is 5.91 Å². The lowest BCUT2D eigenvalue weighted by molar-refractivity contribution is 0.0953. The molecule has 0 fully saturated rings. The number of nitrogens with one attached hydrogen (secondary N) is 1. The van der Waals surface area contributed by atoms with Crippen molar-refractivity contribution in [2.75, 3.05) is 13.1 Å². The van der Waals surface area contributed by atoms with E-state index >= 15 is 0 Å². The average molecular weight is 253 g/mol. The molecule has 1 amide bonds. The molecule has 0 aliphatic rings. The highest BCUT2D eigenvalue weighted by atomic mass is 35.5. The number of nitrogens with zero attached hydrogens (tertiary/aromatic N) is 3. The maximum Gasteiger partial charge on any atom is 0.252 e. The first-order valence-electron chi connectivity index (χ1n) is 5.21. The molecule has 17 heavy (non-hydrogen) atoms. The summed E-state index contributed by atoms with van der Waals surface area (Å²) < 4.78 is 0. The molecule has 1 N–H and O–H groups in total. The first-order valence-corrected chi connectivity index (χ1v) is 5.58. The largest absolute Gasteiger partial charge is 0.352 e. The Kier molecular flexibility index (Phi) is 5.33. The fraction of sp³-hybridized carbons (Fsp3) is 0.364. The highest BCUT2D eigenvalue weighted by Crippen LogP contribution is 2.19. The molecule has 0 aliphatic heterocycles. The second kappa shape index (κ2) is 6.78. The van der Waals surface area contributed by atoms with Gasteiger partial charge in [-0.05, 0) is 30.5 Å². The number of benzene rings is 1. The third-order valence-corrected chi connectivity index (χ3v) is 2.72. The molecule has 90 valence electrons. The summed E-state index contributed by atoms with van der Waals surface area (Å²) in [6.07, 6.45) is 0.610. The van der Waals surface area contributed by atoms with Gasteiger partial charge in [-0.2, -0.15) is 0 Å². The van der Waals surface area contributed by atoms with Gasteiger partial charge in [-0.25, -0.2) is 0 Å². The van der Waals surface area contributed by atoms with Gasteiger partial charge in [-0.3, -0.25) is 4.79 Å². The van der Waals surface area contributed by atoms with E-state index in [1.807, 2.05) is 13.0 Å². The maximum absolute atomic E-state index is 11.8. The van der Waals surface area contributed by atoms with E-state index in [4.69, 9.17) is 17.1 Å². The van der Waals surface area contributed by atoms with Crippen LogP contribution in [0.15, 0.2) is 23.3 Å². The van der Waals surface area contributed by atoms with Crippen molar-refractivity contribution in [3.8, 4) is 0 Å². The molecule has 1 aromatic rings. The third-order valence-electron chi connectivity index (χ3n) is 2.22. The summed E-state index contributed by atoms with van der Waals surface area (Å²) in [5.74, 6) is -0.209. The van der Waals surface area contributed by atoms with E-state index in [9.17, 15) is 4.79 Å². The Morgan fingerprint density at radius 2 is 2.35 bits per heavy atom. The van der Waals surface area contributed by atoms with Gasteiger partial charge < -0.3 is 5.32 Å². The standard InChI is InChI=1S/C11H13ClN4O/c1-8-4-2-5-9(10(8)12)11(17)14-6-3-7-15-16-13/h2,4-5H,3,6-7H2,1H3,(H,14,17). The Hall–Kier alpha value is -1.71. The van der Waals surface area contributed by atoms with Crippen molar-refractivity contribution in [3.63, 3.8) is 0 Å². The molecule has 0 bridgehead atoms. The van der Waals surface area contributed by atoms with Crippen LogP contribution in [-0.4, -0.2) is 19.0 Å². The lowest BCUT2D eigenvalue weighted by atomic mass is 10.1. The summed E-state index contributed by atoms with van der Waals surface area (Å²) in [7, 11) is 0. The maximum atomic E-state index is 11.8. The highest BCUT2D eigenvalue weighted by Gasteiger charge is 2.10. The normalized spacial score (nSPS) is 9.53. The number of amides is 1. The number of halogens is 1. The van der Waals surface area contributed by atoms with Crippen LogP contribution in [-0.2, 0) is 0 Å². The second-order valence-corrected chi connectivity index (χ2v) is 3.88. The Bertz CT molecular complexity index is 455. The van der Waals surface area contributed by atoms with Crippen LogP contribution in [0.5, 0.6) is 0 Å². The first-order chi connectivity index (χ1) is 8.16. The molecule has 0 atom stereocenters. The zero-order chi connectivity index (χ0) is 12.7. The SMILES string of the molecule is Cc1cccc(C(=O)NCCCN=[N+]=[N-])c1Cl. The van der Waals surface area contributed by atoms with E-state index in [1.165, 1.54) is 0 Å². The summed E-state index contributed by atoms with van der Waals surface area (Å²) in [5, 5.41) is 6.57. The summed E-state index contributed by atoms with van der Waals surface area (Å²) in [6, 6.07) is 5.31. The van der Waals surface area contributed by atoms with Gasteiger partial charge in [0.25, 0.3) is 5.91 Å². The number of aryl methyl sites for hydroxylation is 1. The van der Waals surface area contributed by atoms with Crippen molar-refractivity contribution in [1.82, 2.24) is 5.32 Å². The van der Waals surface area contributed by atoms with Gasteiger partial charge in [-0.15, -0.1) is 0 Å². The van der Waals surface area contributed by atoms with Crippen LogP contribution < -0.4 is 5.32 Å². The van der Waals surface area contributed by atoms with Crippen molar-refractivity contribution < 1.29 is 4.79 Å². The van der Waals surface area contributed by atoms with Gasteiger partial charge in [0, 0.05) is 18.0 Å². The van der Waals surface area contributed by atoms with E-state index in [0.29, 0.717) is 30.1 Å². The zero-order valence-electron chi connectivity index (χ0n) is 9.48. The quantitative estimate of drug-likeness (QED) is 0.372. The van der Waals surface area contributed by atoms with Crippen molar-refractivity contribution in [1.29, 1.82) is 0 Å². The predicted molar refractivity (Wildman–Crippen MR) is 67.2 cm³/mol. The van der Waals surface area contributed by atoms with Gasteiger partial charge in [-0.1, -0.05) is 28.8 Å². The molecule has 0 spiro atoms. The minimum Gasteiger partial charge on any atom is -0.352 e. The van der Waals surface area contributed by atoms with Crippen molar-refractivity contribution in [2.45, 2.75) is 13.3 Å². The Balaban J connectivity index is 2.52. The first kappa shape index (κ1) is 13.4. The van der Waals surface area contributed by atoms with Crippen LogP contribution in [0, 0.1) is 6.92 Å². The van der Waals surface area contributed by atoms with Gasteiger partial charge in [0.1, 0.15) is 0 Å². The molecule has 1 rings (SSSR count). The molecule has 0 heterocycles. The van der Waals surface area contributed by atoms with Crippen LogP contribution in [0.3, 0.4) is 0 Å². The molecule has 0 saturated carbocycles. The van der Waals surface area contributed by atoms with Crippen molar-refractivity contribution in [3.05, 3.63) is 44.8 Å². The van der Waals surface area contributed by atoms with Crippen molar-refractivity contribution in [2.24, 2.45) is 5.11 Å². The number of azide groups is 1. The summed E-state index contributed by atoms with van der Waals surface area (Å²) >= 11 is 6.02. The molecule has 6 heteroatoms. The Labute approximate surface area is 104 Å². The number of rotatable bonds is 5.